The van der Waals surface area contributed by atoms with Crippen molar-refractivity contribution < 1.29 is 0 Å². The fourth-order valence-electron chi connectivity index (χ4n) is 5.48. The lowest BCUT2D eigenvalue weighted by molar-refractivity contribution is 1.17. The van der Waals surface area contributed by atoms with Gasteiger partial charge in [0.25, 0.3) is 0 Å². The van der Waals surface area contributed by atoms with Gasteiger partial charge in [-0.1, -0.05) is 121 Å². The molecule has 7 rings (SSSR count). The molecule has 0 aliphatic rings. The van der Waals surface area contributed by atoms with E-state index in [1.54, 1.807) is 12.5 Å². The first-order valence-corrected chi connectivity index (χ1v) is 12.8. The Morgan fingerprint density at radius 1 is 0.368 bits per heavy atom. The quantitative estimate of drug-likeness (QED) is 0.233. The Balaban J connectivity index is 1.50. The van der Waals surface area contributed by atoms with Crippen molar-refractivity contribution in [1.29, 1.82) is 0 Å². The molecular formula is C36H24N2. The molecule has 0 radical (unpaired) electrons. The zero-order chi connectivity index (χ0) is 25.3. The molecule has 0 amide bonds. The average molecular weight is 485 g/mol. The summed E-state index contributed by atoms with van der Waals surface area (Å²) in [7, 11) is 0. The van der Waals surface area contributed by atoms with E-state index in [1.807, 2.05) is 6.07 Å². The summed E-state index contributed by atoms with van der Waals surface area (Å²) in [6, 6.07) is 47.8. The van der Waals surface area contributed by atoms with Gasteiger partial charge in [0.15, 0.2) is 0 Å². The number of benzene rings is 6. The molecule has 0 bridgehead atoms. The third-order valence-electron chi connectivity index (χ3n) is 7.24. The molecule has 1 aromatic heterocycles. The van der Waals surface area contributed by atoms with Crippen LogP contribution in [0.1, 0.15) is 0 Å². The molecule has 178 valence electrons. The lowest BCUT2D eigenvalue weighted by Crippen LogP contribution is -1.91. The molecule has 0 aliphatic carbocycles. The summed E-state index contributed by atoms with van der Waals surface area (Å²) < 4.78 is 0. The molecule has 0 atom stereocenters. The van der Waals surface area contributed by atoms with Crippen LogP contribution < -0.4 is 0 Å². The highest BCUT2D eigenvalue weighted by atomic mass is 14.8. The Labute approximate surface area is 221 Å². The molecule has 2 nitrogen and oxygen atoms in total. The molecule has 0 unspecified atom stereocenters. The number of rotatable bonds is 4. The summed E-state index contributed by atoms with van der Waals surface area (Å²) in [5, 5.41) is 5.05. The number of fused-ring (bicyclic) bond motifs is 2. The highest BCUT2D eigenvalue weighted by Gasteiger charge is 2.17. The van der Waals surface area contributed by atoms with Crippen LogP contribution in [0, 0.1) is 0 Å². The van der Waals surface area contributed by atoms with Gasteiger partial charge in [-0.2, -0.15) is 0 Å². The number of hydrogen-bond acceptors (Lipinski definition) is 2. The van der Waals surface area contributed by atoms with Crippen molar-refractivity contribution in [3.63, 3.8) is 0 Å². The van der Waals surface area contributed by atoms with Crippen LogP contribution in [0.3, 0.4) is 0 Å². The molecule has 0 fully saturated rings. The highest BCUT2D eigenvalue weighted by molar-refractivity contribution is 6.21. The Morgan fingerprint density at radius 2 is 0.895 bits per heavy atom. The molecule has 7 aromatic rings. The lowest BCUT2D eigenvalue weighted by Gasteiger charge is -2.18. The first-order chi connectivity index (χ1) is 18.9. The largest absolute Gasteiger partial charge is 0.245 e. The van der Waals surface area contributed by atoms with Crippen molar-refractivity contribution in [2.45, 2.75) is 0 Å². The lowest BCUT2D eigenvalue weighted by atomic mass is 9.85. The second kappa shape index (κ2) is 9.42. The second-order valence-electron chi connectivity index (χ2n) is 9.46. The van der Waals surface area contributed by atoms with Gasteiger partial charge >= 0.3 is 0 Å². The van der Waals surface area contributed by atoms with Crippen LogP contribution in [0.4, 0.5) is 0 Å². The summed E-state index contributed by atoms with van der Waals surface area (Å²) in [5.41, 5.74) is 9.39. The Hall–Kier alpha value is -5.08. The van der Waals surface area contributed by atoms with Gasteiger partial charge in [0, 0.05) is 11.8 Å². The van der Waals surface area contributed by atoms with Gasteiger partial charge in [0.05, 0.1) is 5.69 Å². The van der Waals surface area contributed by atoms with Crippen LogP contribution in [0.2, 0.25) is 0 Å². The number of hydrogen-bond donors (Lipinski definition) is 0. The third kappa shape index (κ3) is 3.84. The van der Waals surface area contributed by atoms with Crippen LogP contribution in [0.5, 0.6) is 0 Å². The Kier molecular flexibility index (Phi) is 5.49. The maximum atomic E-state index is 4.39. The molecular weight excluding hydrogens is 460 g/mol. The Morgan fingerprint density at radius 3 is 1.50 bits per heavy atom. The van der Waals surface area contributed by atoms with Gasteiger partial charge in [-0.15, -0.1) is 0 Å². The molecule has 1 heterocycles. The second-order valence-corrected chi connectivity index (χ2v) is 9.46. The van der Waals surface area contributed by atoms with E-state index in [9.17, 15) is 0 Å². The minimum Gasteiger partial charge on any atom is -0.245 e. The molecule has 0 spiro atoms. The van der Waals surface area contributed by atoms with Crippen LogP contribution in [-0.4, -0.2) is 9.97 Å². The molecule has 38 heavy (non-hydrogen) atoms. The van der Waals surface area contributed by atoms with Crippen LogP contribution in [0.25, 0.3) is 66.2 Å². The normalized spacial score (nSPS) is 11.2. The predicted octanol–water partition coefficient (Wildman–Crippen LogP) is 9.45. The monoisotopic (exact) mass is 484 g/mol. The summed E-state index contributed by atoms with van der Waals surface area (Å²) in [6.45, 7) is 0. The van der Waals surface area contributed by atoms with Gasteiger partial charge in [-0.05, 0) is 67.1 Å². The van der Waals surface area contributed by atoms with E-state index in [0.29, 0.717) is 0 Å². The van der Waals surface area contributed by atoms with E-state index >= 15 is 0 Å². The van der Waals surface area contributed by atoms with Crippen molar-refractivity contribution >= 4 is 21.5 Å². The molecule has 0 saturated carbocycles. The van der Waals surface area contributed by atoms with E-state index < -0.39 is 0 Å². The standard InChI is InChI=1S/C36H24N2/c1-3-9-27(10-4-1)35-30-13-7-8-14-31(30)36(28-11-5-2-6-12-28)33-23-29(19-20-32(33)35)25-15-17-26(18-16-25)34-21-22-37-24-38-34/h1-24H. The van der Waals surface area contributed by atoms with Crippen molar-refractivity contribution in [2.24, 2.45) is 0 Å². The Bertz CT molecular complexity index is 1880. The summed E-state index contributed by atoms with van der Waals surface area (Å²) in [6.07, 6.45) is 3.37. The van der Waals surface area contributed by atoms with Crippen LogP contribution in [0.15, 0.2) is 146 Å². The maximum Gasteiger partial charge on any atom is 0.116 e. The van der Waals surface area contributed by atoms with Crippen molar-refractivity contribution in [3.05, 3.63) is 146 Å². The van der Waals surface area contributed by atoms with Crippen molar-refractivity contribution in [1.82, 2.24) is 9.97 Å². The summed E-state index contributed by atoms with van der Waals surface area (Å²) >= 11 is 0. The van der Waals surface area contributed by atoms with E-state index in [2.05, 4.69) is 137 Å². The van der Waals surface area contributed by atoms with Gasteiger partial charge in [-0.25, -0.2) is 9.97 Å². The molecule has 2 heteroatoms. The third-order valence-corrected chi connectivity index (χ3v) is 7.24. The van der Waals surface area contributed by atoms with E-state index in [4.69, 9.17) is 0 Å². The fourth-order valence-corrected chi connectivity index (χ4v) is 5.48. The fraction of sp³-hybridized carbons (Fsp3) is 0. The minimum atomic E-state index is 0.926. The SMILES string of the molecule is c1ccc(-c2c3ccccc3c(-c3ccccc3)c3cc(-c4ccc(-c5ccncn5)cc4)ccc23)cc1. The van der Waals surface area contributed by atoms with Crippen molar-refractivity contribution in [2.75, 3.05) is 0 Å². The zero-order valence-corrected chi connectivity index (χ0v) is 20.8. The van der Waals surface area contributed by atoms with Gasteiger partial charge < -0.3 is 0 Å². The first kappa shape index (κ1) is 22.1. The summed E-state index contributed by atoms with van der Waals surface area (Å²) in [4.78, 5) is 8.43. The first-order valence-electron chi connectivity index (χ1n) is 12.8. The van der Waals surface area contributed by atoms with Gasteiger partial charge in [-0.3, -0.25) is 0 Å². The molecule has 0 aliphatic heterocycles. The molecule has 0 N–H and O–H groups in total. The van der Waals surface area contributed by atoms with E-state index in [0.717, 1.165) is 11.3 Å². The zero-order valence-electron chi connectivity index (χ0n) is 20.8. The van der Waals surface area contributed by atoms with Gasteiger partial charge in [0.1, 0.15) is 6.33 Å². The van der Waals surface area contributed by atoms with Gasteiger partial charge in [0.2, 0.25) is 0 Å². The van der Waals surface area contributed by atoms with Crippen LogP contribution in [-0.2, 0) is 0 Å². The molecule has 6 aromatic carbocycles. The molecule has 0 saturated heterocycles. The highest BCUT2D eigenvalue weighted by Crippen LogP contribution is 2.44. The number of aromatic nitrogens is 2. The van der Waals surface area contributed by atoms with E-state index in [-0.39, 0.29) is 0 Å². The topological polar surface area (TPSA) is 25.8 Å². The summed E-state index contributed by atoms with van der Waals surface area (Å²) in [5.74, 6) is 0. The van der Waals surface area contributed by atoms with Crippen LogP contribution >= 0.6 is 0 Å². The minimum absolute atomic E-state index is 0.926. The maximum absolute atomic E-state index is 4.39. The number of nitrogens with zero attached hydrogens (tertiary/aromatic N) is 2. The smallest absolute Gasteiger partial charge is 0.116 e. The van der Waals surface area contributed by atoms with E-state index in [1.165, 1.54) is 54.9 Å². The predicted molar refractivity (Wildman–Crippen MR) is 159 cm³/mol. The average Bonchev–Trinajstić information content (AvgIpc) is 3.01. The van der Waals surface area contributed by atoms with Crippen molar-refractivity contribution in [3.8, 4) is 44.6 Å².